The second kappa shape index (κ2) is 7.45. The number of aromatic nitrogens is 2. The molecule has 0 spiro atoms. The molecule has 0 aliphatic carbocycles. The molecule has 0 radical (unpaired) electrons. The quantitative estimate of drug-likeness (QED) is 0.270. The average molecular weight is 453 g/mol. The van der Waals surface area contributed by atoms with E-state index in [4.69, 9.17) is 11.6 Å². The number of H-pyrrole nitrogens is 1. The number of nitrogens with zero attached hydrogens (tertiary/aromatic N) is 1. The Kier molecular flexibility index (Phi) is 4.82. The third-order valence-corrected chi connectivity index (χ3v) is 6.70. The highest BCUT2D eigenvalue weighted by Crippen LogP contribution is 2.49. The van der Waals surface area contributed by atoms with Crippen molar-refractivity contribution in [2.45, 2.75) is 24.5 Å². The lowest BCUT2D eigenvalue weighted by Gasteiger charge is -2.28. The SMILES string of the molecule is CCn1cc(C(Cl)(c2ccc(C(F)(F)F)cc2)c2c[nH]c3ccccc23)c2ccccc21. The predicted octanol–water partition coefficient (Wildman–Crippen LogP) is 7.69. The van der Waals surface area contributed by atoms with Crippen LogP contribution < -0.4 is 0 Å². The van der Waals surface area contributed by atoms with Crippen molar-refractivity contribution in [2.24, 2.45) is 0 Å². The Morgan fingerprint density at radius 1 is 0.812 bits per heavy atom. The Bertz CT molecular complexity index is 1410. The van der Waals surface area contributed by atoms with Crippen molar-refractivity contribution in [3.8, 4) is 0 Å². The number of aromatic amines is 1. The van der Waals surface area contributed by atoms with E-state index in [-0.39, 0.29) is 0 Å². The highest BCUT2D eigenvalue weighted by molar-refractivity contribution is 6.30. The Labute approximate surface area is 188 Å². The molecule has 0 amide bonds. The molecule has 0 fully saturated rings. The topological polar surface area (TPSA) is 20.7 Å². The first kappa shape index (κ1) is 20.7. The van der Waals surface area contributed by atoms with Crippen LogP contribution >= 0.6 is 11.6 Å². The van der Waals surface area contributed by atoms with Gasteiger partial charge in [-0.25, -0.2) is 0 Å². The zero-order chi connectivity index (χ0) is 22.5. The van der Waals surface area contributed by atoms with Crippen LogP contribution in [-0.4, -0.2) is 9.55 Å². The van der Waals surface area contributed by atoms with E-state index in [0.29, 0.717) is 5.56 Å². The van der Waals surface area contributed by atoms with Crippen molar-refractivity contribution in [1.29, 1.82) is 0 Å². The van der Waals surface area contributed by atoms with Crippen LogP contribution in [-0.2, 0) is 17.6 Å². The van der Waals surface area contributed by atoms with Crippen LogP contribution in [0.25, 0.3) is 21.8 Å². The molecule has 0 aliphatic heterocycles. The maximum atomic E-state index is 13.2. The smallest absolute Gasteiger partial charge is 0.361 e. The minimum absolute atomic E-state index is 0.580. The molecule has 2 heterocycles. The Hall–Kier alpha value is -3.18. The summed E-state index contributed by atoms with van der Waals surface area (Å²) in [4.78, 5) is 2.08. The van der Waals surface area contributed by atoms with E-state index in [0.717, 1.165) is 51.6 Å². The monoisotopic (exact) mass is 452 g/mol. The van der Waals surface area contributed by atoms with Crippen molar-refractivity contribution in [1.82, 2.24) is 9.55 Å². The largest absolute Gasteiger partial charge is 0.416 e. The molecule has 2 nitrogen and oxygen atoms in total. The van der Waals surface area contributed by atoms with Crippen molar-refractivity contribution >= 4 is 33.4 Å². The summed E-state index contributed by atoms with van der Waals surface area (Å²) in [5.74, 6) is 0. The van der Waals surface area contributed by atoms with Gasteiger partial charge < -0.3 is 9.55 Å². The van der Waals surface area contributed by atoms with Crippen LogP contribution in [0.15, 0.2) is 85.2 Å². The van der Waals surface area contributed by atoms with Gasteiger partial charge in [-0.05, 0) is 36.8 Å². The first-order chi connectivity index (χ1) is 15.3. The number of para-hydroxylation sites is 2. The fourth-order valence-electron chi connectivity index (χ4n) is 4.48. The maximum absolute atomic E-state index is 13.2. The lowest BCUT2D eigenvalue weighted by atomic mass is 9.83. The first-order valence-electron chi connectivity index (χ1n) is 10.4. The summed E-state index contributed by atoms with van der Waals surface area (Å²) in [5, 5.41) is 1.89. The van der Waals surface area contributed by atoms with Crippen molar-refractivity contribution < 1.29 is 13.2 Å². The summed E-state index contributed by atoms with van der Waals surface area (Å²) in [7, 11) is 0. The molecule has 0 saturated carbocycles. The minimum atomic E-state index is -4.41. The van der Waals surface area contributed by atoms with E-state index in [1.807, 2.05) is 60.9 Å². The normalized spacial score (nSPS) is 14.2. The molecule has 32 heavy (non-hydrogen) atoms. The lowest BCUT2D eigenvalue weighted by molar-refractivity contribution is -0.137. The van der Waals surface area contributed by atoms with Crippen molar-refractivity contribution in [3.05, 3.63) is 107 Å². The van der Waals surface area contributed by atoms with Gasteiger partial charge in [-0.1, -0.05) is 48.5 Å². The number of halogens is 4. The molecule has 162 valence electrons. The molecule has 5 rings (SSSR count). The fourth-order valence-corrected chi connectivity index (χ4v) is 4.92. The molecular weight excluding hydrogens is 433 g/mol. The summed E-state index contributed by atoms with van der Waals surface area (Å²) in [5.41, 5.74) is 3.46. The van der Waals surface area contributed by atoms with Crippen LogP contribution in [0.5, 0.6) is 0 Å². The number of alkyl halides is 4. The number of hydrogen-bond acceptors (Lipinski definition) is 0. The van der Waals surface area contributed by atoms with Crippen LogP contribution in [0.2, 0.25) is 0 Å². The zero-order valence-corrected chi connectivity index (χ0v) is 18.0. The van der Waals surface area contributed by atoms with E-state index >= 15 is 0 Å². The van der Waals surface area contributed by atoms with Gasteiger partial charge in [0.05, 0.1) is 5.56 Å². The molecule has 6 heteroatoms. The molecule has 0 aliphatic rings. The molecule has 5 aromatic rings. The molecule has 3 aromatic carbocycles. The van der Waals surface area contributed by atoms with Crippen molar-refractivity contribution in [2.75, 3.05) is 0 Å². The third kappa shape index (κ3) is 3.11. The Morgan fingerprint density at radius 2 is 1.44 bits per heavy atom. The summed E-state index contributed by atoms with van der Waals surface area (Å²) in [6.45, 7) is 2.80. The highest BCUT2D eigenvalue weighted by atomic mass is 35.5. The lowest BCUT2D eigenvalue weighted by Crippen LogP contribution is -2.22. The molecule has 1 N–H and O–H groups in total. The second-order valence-corrected chi connectivity index (χ2v) is 8.39. The summed E-state index contributed by atoms with van der Waals surface area (Å²) in [6.07, 6.45) is -0.545. The zero-order valence-electron chi connectivity index (χ0n) is 17.2. The second-order valence-electron chi connectivity index (χ2n) is 7.83. The Balaban J connectivity index is 1.83. The molecule has 0 saturated heterocycles. The van der Waals surface area contributed by atoms with Gasteiger partial charge in [0.15, 0.2) is 0 Å². The maximum Gasteiger partial charge on any atom is 0.416 e. The van der Waals surface area contributed by atoms with Crippen molar-refractivity contribution in [3.63, 3.8) is 0 Å². The third-order valence-electron chi connectivity index (χ3n) is 6.07. The average Bonchev–Trinajstić information content (AvgIpc) is 3.40. The number of aryl methyl sites for hydroxylation is 1. The molecule has 2 aromatic heterocycles. The number of benzene rings is 3. The first-order valence-corrected chi connectivity index (χ1v) is 10.7. The van der Waals surface area contributed by atoms with Crippen LogP contribution in [0.3, 0.4) is 0 Å². The van der Waals surface area contributed by atoms with E-state index in [1.165, 1.54) is 12.1 Å². The van der Waals surface area contributed by atoms with Gasteiger partial charge in [0.25, 0.3) is 0 Å². The van der Waals surface area contributed by atoms with E-state index in [9.17, 15) is 13.2 Å². The van der Waals surface area contributed by atoms with Gasteiger partial charge in [0.1, 0.15) is 4.87 Å². The highest BCUT2D eigenvalue weighted by Gasteiger charge is 2.39. The molecule has 1 atom stereocenters. The fraction of sp³-hybridized carbons (Fsp3) is 0.154. The summed E-state index contributed by atoms with van der Waals surface area (Å²) < 4.78 is 41.8. The van der Waals surface area contributed by atoms with Gasteiger partial charge in [-0.3, -0.25) is 0 Å². The summed E-state index contributed by atoms with van der Waals surface area (Å²) in [6, 6.07) is 20.9. The number of hydrogen-bond donors (Lipinski definition) is 1. The molecular formula is C26H20ClF3N2. The van der Waals surface area contributed by atoms with E-state index in [1.54, 1.807) is 0 Å². The minimum Gasteiger partial charge on any atom is -0.361 e. The van der Waals surface area contributed by atoms with Crippen LogP contribution in [0.4, 0.5) is 13.2 Å². The molecule has 1 unspecified atom stereocenters. The summed E-state index contributed by atoms with van der Waals surface area (Å²) >= 11 is 7.54. The number of nitrogens with one attached hydrogen (secondary N) is 1. The van der Waals surface area contributed by atoms with Crippen LogP contribution in [0, 0.1) is 0 Å². The van der Waals surface area contributed by atoms with Crippen LogP contribution in [0.1, 0.15) is 29.2 Å². The molecule has 0 bridgehead atoms. The number of rotatable bonds is 4. The van der Waals surface area contributed by atoms with E-state index in [2.05, 4.69) is 16.5 Å². The van der Waals surface area contributed by atoms with Gasteiger partial charge in [-0.2, -0.15) is 13.2 Å². The van der Waals surface area contributed by atoms with Gasteiger partial charge >= 0.3 is 6.18 Å². The van der Waals surface area contributed by atoms with E-state index < -0.39 is 16.6 Å². The predicted molar refractivity (Wildman–Crippen MR) is 123 cm³/mol. The van der Waals surface area contributed by atoms with Gasteiger partial charge in [0, 0.05) is 51.9 Å². The van der Waals surface area contributed by atoms with Gasteiger partial charge in [0.2, 0.25) is 0 Å². The number of fused-ring (bicyclic) bond motifs is 2. The Morgan fingerprint density at radius 3 is 2.12 bits per heavy atom. The standard InChI is InChI=1S/C26H20ClF3N2/c1-2-32-16-22(20-8-4-6-10-24(20)32)25(27,17-11-13-18(14-12-17)26(28,29)30)21-15-31-23-9-5-3-7-19(21)23/h3-16,31H,2H2,1H3. The van der Waals surface area contributed by atoms with Gasteiger partial charge in [-0.15, -0.1) is 11.6 Å².